The van der Waals surface area contributed by atoms with Crippen LogP contribution in [-0.4, -0.2) is 31.0 Å². The van der Waals surface area contributed by atoms with Gasteiger partial charge >= 0.3 is 0 Å². The molecule has 0 fully saturated rings. The molecule has 0 radical (unpaired) electrons. The highest BCUT2D eigenvalue weighted by molar-refractivity contribution is 6.46. The van der Waals surface area contributed by atoms with Crippen molar-refractivity contribution in [3.05, 3.63) is 36.2 Å². The second-order valence-electron chi connectivity index (χ2n) is 4.49. The van der Waals surface area contributed by atoms with E-state index in [9.17, 15) is 4.79 Å². The zero-order valence-corrected chi connectivity index (χ0v) is 13.0. The van der Waals surface area contributed by atoms with E-state index in [1.807, 2.05) is 0 Å². The molecular formula is C14H17ClN4O3. The van der Waals surface area contributed by atoms with Gasteiger partial charge in [0.05, 0.1) is 14.2 Å². The Hall–Kier alpha value is -2.41. The van der Waals surface area contributed by atoms with Crippen LogP contribution in [0.1, 0.15) is 5.56 Å². The summed E-state index contributed by atoms with van der Waals surface area (Å²) in [5, 5.41) is 5.40. The van der Waals surface area contributed by atoms with Gasteiger partial charge in [0.1, 0.15) is 11.5 Å². The molecule has 118 valence electrons. The van der Waals surface area contributed by atoms with Crippen molar-refractivity contribution in [1.29, 1.82) is 0 Å². The molecule has 1 aliphatic heterocycles. The SMILES string of the molecule is COc1ccc(CNC(=O)C2(Cl)NC=CN=C2N)c(OC)c1. The molecule has 22 heavy (non-hydrogen) atoms. The second-order valence-corrected chi connectivity index (χ2v) is 5.06. The summed E-state index contributed by atoms with van der Waals surface area (Å²) in [4.78, 5) is 14.5. The summed E-state index contributed by atoms with van der Waals surface area (Å²) in [5.41, 5.74) is 6.46. The molecule has 1 heterocycles. The largest absolute Gasteiger partial charge is 0.497 e. The van der Waals surface area contributed by atoms with Crippen molar-refractivity contribution in [2.24, 2.45) is 10.7 Å². The van der Waals surface area contributed by atoms with Gasteiger partial charge in [0.15, 0.2) is 5.84 Å². The van der Waals surface area contributed by atoms with E-state index in [2.05, 4.69) is 15.6 Å². The van der Waals surface area contributed by atoms with Crippen LogP contribution in [-0.2, 0) is 11.3 Å². The number of hydrogen-bond acceptors (Lipinski definition) is 6. The van der Waals surface area contributed by atoms with Crippen molar-refractivity contribution < 1.29 is 14.3 Å². The van der Waals surface area contributed by atoms with Crippen molar-refractivity contribution in [2.45, 2.75) is 11.5 Å². The number of hydrogen-bond donors (Lipinski definition) is 3. The number of amidine groups is 1. The van der Waals surface area contributed by atoms with E-state index in [1.165, 1.54) is 12.4 Å². The number of rotatable bonds is 5. The van der Waals surface area contributed by atoms with E-state index >= 15 is 0 Å². The maximum absolute atomic E-state index is 12.3. The molecule has 0 saturated carbocycles. The van der Waals surface area contributed by atoms with Gasteiger partial charge < -0.3 is 25.8 Å². The van der Waals surface area contributed by atoms with Crippen molar-refractivity contribution in [2.75, 3.05) is 14.2 Å². The Labute approximate surface area is 133 Å². The highest BCUT2D eigenvalue weighted by Crippen LogP contribution is 2.24. The predicted molar refractivity (Wildman–Crippen MR) is 83.9 cm³/mol. The molecule has 0 spiro atoms. The molecule has 1 amide bonds. The number of benzene rings is 1. The summed E-state index contributed by atoms with van der Waals surface area (Å²) >= 11 is 6.18. The Morgan fingerprint density at radius 2 is 2.23 bits per heavy atom. The van der Waals surface area contributed by atoms with E-state index in [0.29, 0.717) is 11.5 Å². The molecule has 1 unspecified atom stereocenters. The lowest BCUT2D eigenvalue weighted by molar-refractivity contribution is -0.122. The highest BCUT2D eigenvalue weighted by Gasteiger charge is 2.40. The lowest BCUT2D eigenvalue weighted by Gasteiger charge is -2.27. The molecule has 2 rings (SSSR count). The third-order valence-electron chi connectivity index (χ3n) is 3.17. The maximum Gasteiger partial charge on any atom is 0.269 e. The lowest BCUT2D eigenvalue weighted by Crippen LogP contribution is -2.60. The molecule has 8 heteroatoms. The molecule has 1 aromatic carbocycles. The fourth-order valence-corrected chi connectivity index (χ4v) is 2.09. The normalized spacial score (nSPS) is 19.9. The first-order chi connectivity index (χ1) is 10.5. The fourth-order valence-electron chi connectivity index (χ4n) is 1.91. The monoisotopic (exact) mass is 324 g/mol. The van der Waals surface area contributed by atoms with Crippen molar-refractivity contribution in [3.8, 4) is 11.5 Å². The Balaban J connectivity index is 2.08. The number of aliphatic imine (C=N–C) groups is 1. The Kier molecular flexibility index (Phi) is 4.77. The highest BCUT2D eigenvalue weighted by atomic mass is 35.5. The van der Waals surface area contributed by atoms with E-state index in [0.717, 1.165) is 5.56 Å². The number of ether oxygens (including phenoxy) is 2. The van der Waals surface area contributed by atoms with Crippen LogP contribution < -0.4 is 25.8 Å². The number of amides is 1. The minimum atomic E-state index is -1.59. The van der Waals surface area contributed by atoms with Gasteiger partial charge in [-0.05, 0) is 12.1 Å². The first-order valence-corrected chi connectivity index (χ1v) is 6.83. The van der Waals surface area contributed by atoms with Crippen LogP contribution in [0.15, 0.2) is 35.6 Å². The second kappa shape index (κ2) is 6.57. The number of carbonyl (C=O) groups is 1. The number of carbonyl (C=O) groups excluding carboxylic acids is 1. The lowest BCUT2D eigenvalue weighted by atomic mass is 10.1. The predicted octanol–water partition coefficient (Wildman–Crippen LogP) is 0.687. The summed E-state index contributed by atoms with van der Waals surface area (Å²) in [6.45, 7) is 0.221. The number of alkyl halides is 1. The van der Waals surface area contributed by atoms with Gasteiger partial charge in [0, 0.05) is 30.6 Å². The van der Waals surface area contributed by atoms with Gasteiger partial charge in [0.2, 0.25) is 5.00 Å². The van der Waals surface area contributed by atoms with Crippen LogP contribution in [0.3, 0.4) is 0 Å². The molecule has 1 aromatic rings. The number of methoxy groups -OCH3 is 2. The first kappa shape index (κ1) is 16.0. The van der Waals surface area contributed by atoms with Crippen molar-refractivity contribution in [3.63, 3.8) is 0 Å². The quantitative estimate of drug-likeness (QED) is 0.547. The average molecular weight is 325 g/mol. The number of nitrogens with one attached hydrogen (secondary N) is 2. The summed E-state index contributed by atoms with van der Waals surface area (Å²) in [5.74, 6) is 0.742. The molecule has 7 nitrogen and oxygen atoms in total. The molecule has 0 saturated heterocycles. The van der Waals surface area contributed by atoms with Crippen LogP contribution in [0.5, 0.6) is 11.5 Å². The molecule has 1 aliphatic rings. The van der Waals surface area contributed by atoms with Crippen LogP contribution in [0.4, 0.5) is 0 Å². The Morgan fingerprint density at radius 3 is 2.86 bits per heavy atom. The Morgan fingerprint density at radius 1 is 1.45 bits per heavy atom. The third-order valence-corrected chi connectivity index (χ3v) is 3.64. The maximum atomic E-state index is 12.3. The number of nitrogens with two attached hydrogens (primary N) is 1. The minimum Gasteiger partial charge on any atom is -0.497 e. The van der Waals surface area contributed by atoms with Crippen LogP contribution in [0.25, 0.3) is 0 Å². The van der Waals surface area contributed by atoms with Gasteiger partial charge in [-0.3, -0.25) is 4.79 Å². The smallest absolute Gasteiger partial charge is 0.269 e. The van der Waals surface area contributed by atoms with E-state index in [1.54, 1.807) is 32.4 Å². The third kappa shape index (κ3) is 3.09. The summed E-state index contributed by atoms with van der Waals surface area (Å²) in [6, 6.07) is 5.30. The van der Waals surface area contributed by atoms with Gasteiger partial charge in [-0.15, -0.1) is 0 Å². The molecule has 1 atom stereocenters. The molecule has 4 N–H and O–H groups in total. The number of halogens is 1. The van der Waals surface area contributed by atoms with Crippen molar-refractivity contribution >= 4 is 23.3 Å². The fraction of sp³-hybridized carbons (Fsp3) is 0.286. The van der Waals surface area contributed by atoms with E-state index < -0.39 is 10.9 Å². The van der Waals surface area contributed by atoms with Crippen LogP contribution in [0, 0.1) is 0 Å². The topological polar surface area (TPSA) is 98.0 Å². The molecule has 0 aromatic heterocycles. The van der Waals surface area contributed by atoms with Crippen LogP contribution >= 0.6 is 11.6 Å². The summed E-state index contributed by atoms with van der Waals surface area (Å²) < 4.78 is 10.4. The van der Waals surface area contributed by atoms with Gasteiger partial charge in [0.25, 0.3) is 5.91 Å². The number of nitrogens with zero attached hydrogens (tertiary/aromatic N) is 1. The first-order valence-electron chi connectivity index (χ1n) is 6.46. The zero-order valence-electron chi connectivity index (χ0n) is 12.2. The minimum absolute atomic E-state index is 0.0177. The summed E-state index contributed by atoms with van der Waals surface area (Å²) in [7, 11) is 3.11. The standard InChI is InChI=1S/C14H17ClN4O3/c1-21-10-4-3-9(11(7-10)22-2)8-18-13(20)14(15)12(16)17-5-6-19-14/h3-7,19H,8H2,1-2H3,(H2,16,17)(H,18,20). The zero-order chi connectivity index (χ0) is 16.2. The van der Waals surface area contributed by atoms with E-state index in [4.69, 9.17) is 26.8 Å². The van der Waals surface area contributed by atoms with Gasteiger partial charge in [-0.1, -0.05) is 11.6 Å². The van der Waals surface area contributed by atoms with E-state index in [-0.39, 0.29) is 12.4 Å². The molecule has 0 bridgehead atoms. The van der Waals surface area contributed by atoms with Gasteiger partial charge in [-0.2, -0.15) is 0 Å². The molecular weight excluding hydrogens is 308 g/mol. The van der Waals surface area contributed by atoms with Crippen molar-refractivity contribution in [1.82, 2.24) is 10.6 Å². The molecule has 0 aliphatic carbocycles. The van der Waals surface area contributed by atoms with Crippen LogP contribution in [0.2, 0.25) is 0 Å². The Bertz CT molecular complexity index is 633. The van der Waals surface area contributed by atoms with Gasteiger partial charge in [-0.25, -0.2) is 4.99 Å². The summed E-state index contributed by atoms with van der Waals surface area (Å²) in [6.07, 6.45) is 2.88. The average Bonchev–Trinajstić information content (AvgIpc) is 2.55.